The summed E-state index contributed by atoms with van der Waals surface area (Å²) in [5.41, 5.74) is 1.61. The number of carbonyl (C=O) groups is 2. The smallest absolute Gasteiger partial charge is 0.319 e. The van der Waals surface area contributed by atoms with Crippen molar-refractivity contribution in [2.75, 3.05) is 19.7 Å². The first-order valence-electron chi connectivity index (χ1n) is 6.56. The van der Waals surface area contributed by atoms with Crippen molar-refractivity contribution in [1.82, 2.24) is 15.5 Å². The zero-order valence-electron chi connectivity index (χ0n) is 11.1. The van der Waals surface area contributed by atoms with Crippen molar-refractivity contribution in [1.29, 1.82) is 0 Å². The highest BCUT2D eigenvalue weighted by atomic mass is 19.1. The van der Waals surface area contributed by atoms with Crippen molar-refractivity contribution < 1.29 is 19.1 Å². The summed E-state index contributed by atoms with van der Waals surface area (Å²) < 4.78 is 13.0. The molecule has 2 heterocycles. The zero-order valence-corrected chi connectivity index (χ0v) is 11.1. The number of aliphatic hydroxyl groups excluding tert-OH is 1. The number of aliphatic hydroxyl groups is 1. The van der Waals surface area contributed by atoms with E-state index in [4.69, 9.17) is 5.11 Å². The van der Waals surface area contributed by atoms with E-state index in [9.17, 15) is 14.0 Å². The van der Waals surface area contributed by atoms with Crippen molar-refractivity contribution in [3.63, 3.8) is 0 Å². The summed E-state index contributed by atoms with van der Waals surface area (Å²) in [7, 11) is 0. The van der Waals surface area contributed by atoms with Crippen molar-refractivity contribution in [2.24, 2.45) is 0 Å². The molecule has 3 N–H and O–H groups in total. The second-order valence-corrected chi connectivity index (χ2v) is 4.93. The summed E-state index contributed by atoms with van der Waals surface area (Å²) >= 11 is 0. The van der Waals surface area contributed by atoms with E-state index >= 15 is 0 Å². The molecule has 6 nitrogen and oxygen atoms in total. The van der Waals surface area contributed by atoms with Crippen LogP contribution in [-0.2, 0) is 4.79 Å². The van der Waals surface area contributed by atoms with E-state index in [2.05, 4.69) is 10.6 Å². The molecule has 0 bridgehead atoms. The molecule has 0 fully saturated rings. The number of halogens is 1. The van der Waals surface area contributed by atoms with Crippen molar-refractivity contribution in [3.8, 4) is 0 Å². The second-order valence-electron chi connectivity index (χ2n) is 4.93. The highest BCUT2D eigenvalue weighted by Gasteiger charge is 2.39. The molecule has 0 aliphatic carbocycles. The monoisotopic (exact) mass is 291 g/mol. The first kappa shape index (κ1) is 13.6. The van der Waals surface area contributed by atoms with E-state index in [0.717, 1.165) is 0 Å². The number of hydrogen-bond acceptors (Lipinski definition) is 3. The highest BCUT2D eigenvalue weighted by molar-refractivity contribution is 6.01. The number of β-amino-alcohol motifs (C(OH)–C–C–N with tert-alkyl or cyclic N) is 1. The lowest BCUT2D eigenvalue weighted by molar-refractivity contribution is -0.126. The molecule has 7 heteroatoms. The maximum Gasteiger partial charge on any atom is 0.319 e. The molecule has 3 rings (SSSR count). The van der Waals surface area contributed by atoms with E-state index in [0.29, 0.717) is 16.8 Å². The van der Waals surface area contributed by atoms with Gasteiger partial charge in [0.05, 0.1) is 30.5 Å². The van der Waals surface area contributed by atoms with E-state index in [1.165, 1.54) is 29.2 Å². The molecular formula is C14H14FN3O3. The molecule has 2 aliphatic heterocycles. The van der Waals surface area contributed by atoms with Gasteiger partial charge in [-0.3, -0.25) is 4.79 Å². The molecular weight excluding hydrogens is 277 g/mol. The molecule has 0 radical (unpaired) electrons. The molecule has 0 saturated heterocycles. The lowest BCUT2D eigenvalue weighted by Gasteiger charge is -2.25. The van der Waals surface area contributed by atoms with Gasteiger partial charge >= 0.3 is 6.03 Å². The van der Waals surface area contributed by atoms with Gasteiger partial charge in [-0.05, 0) is 17.7 Å². The number of rotatable bonds is 3. The molecule has 110 valence electrons. The van der Waals surface area contributed by atoms with Crippen LogP contribution in [0.25, 0.3) is 0 Å². The quantitative estimate of drug-likeness (QED) is 0.747. The molecule has 0 aromatic heterocycles. The Morgan fingerprint density at radius 3 is 2.67 bits per heavy atom. The summed E-state index contributed by atoms with van der Waals surface area (Å²) in [6.45, 7) is 0.326. The highest BCUT2D eigenvalue weighted by Crippen LogP contribution is 2.32. The number of hydrogen-bond donors (Lipinski definition) is 3. The number of urea groups is 1. The summed E-state index contributed by atoms with van der Waals surface area (Å²) in [5.74, 6) is -0.617. The standard InChI is InChI=1S/C14H14FN3O3/c15-9-3-1-8(2-4-9)12-11-10(16-14(21)17-12)7-18(5-6-19)13(11)20/h1-4,12,19H,5-7H2,(H2,16,17,21)/t12-/m1/s1. The normalized spacial score (nSPS) is 21.2. The number of nitrogens with one attached hydrogen (secondary N) is 2. The van der Waals surface area contributed by atoms with Gasteiger partial charge < -0.3 is 20.6 Å². The van der Waals surface area contributed by atoms with Gasteiger partial charge in [-0.25, -0.2) is 9.18 Å². The molecule has 2 aliphatic rings. The third-order valence-electron chi connectivity index (χ3n) is 3.59. The Morgan fingerprint density at radius 1 is 1.29 bits per heavy atom. The topological polar surface area (TPSA) is 81.7 Å². The van der Waals surface area contributed by atoms with Gasteiger partial charge in [0.25, 0.3) is 5.91 Å². The molecule has 3 amide bonds. The summed E-state index contributed by atoms with van der Waals surface area (Å²) in [4.78, 5) is 25.6. The first-order chi connectivity index (χ1) is 10.1. The number of carbonyl (C=O) groups excluding carboxylic acids is 2. The van der Waals surface area contributed by atoms with Gasteiger partial charge in [0.15, 0.2) is 0 Å². The van der Waals surface area contributed by atoms with Gasteiger partial charge in [-0.15, -0.1) is 0 Å². The minimum atomic E-state index is -0.606. The van der Waals surface area contributed by atoms with Crippen LogP contribution in [0.4, 0.5) is 9.18 Å². The number of amides is 3. The van der Waals surface area contributed by atoms with E-state index < -0.39 is 12.1 Å². The van der Waals surface area contributed by atoms with Crippen LogP contribution in [0.3, 0.4) is 0 Å². The minimum absolute atomic E-state index is 0.144. The Kier molecular flexibility index (Phi) is 3.34. The fourth-order valence-corrected chi connectivity index (χ4v) is 2.63. The maximum atomic E-state index is 13.0. The molecule has 1 aromatic carbocycles. The Bertz CT molecular complexity index is 627. The Balaban J connectivity index is 1.96. The van der Waals surface area contributed by atoms with Crippen LogP contribution in [0.2, 0.25) is 0 Å². The Morgan fingerprint density at radius 2 is 2.00 bits per heavy atom. The molecule has 1 aromatic rings. The Labute approximate surface area is 120 Å². The van der Waals surface area contributed by atoms with Crippen LogP contribution >= 0.6 is 0 Å². The lowest BCUT2D eigenvalue weighted by Crippen LogP contribution is -2.44. The van der Waals surface area contributed by atoms with E-state index in [1.54, 1.807) is 0 Å². The van der Waals surface area contributed by atoms with Gasteiger partial charge in [0, 0.05) is 6.54 Å². The molecule has 0 spiro atoms. The molecule has 1 atom stereocenters. The molecule has 0 saturated carbocycles. The number of nitrogens with zero attached hydrogens (tertiary/aromatic N) is 1. The maximum absolute atomic E-state index is 13.0. The van der Waals surface area contributed by atoms with Crippen LogP contribution in [0, 0.1) is 5.82 Å². The summed E-state index contributed by atoms with van der Waals surface area (Å²) in [6.07, 6.45) is 0. The van der Waals surface area contributed by atoms with E-state index in [1.807, 2.05) is 0 Å². The Hall–Kier alpha value is -2.41. The van der Waals surface area contributed by atoms with Crippen molar-refractivity contribution >= 4 is 11.9 Å². The van der Waals surface area contributed by atoms with Crippen LogP contribution in [0.5, 0.6) is 0 Å². The summed E-state index contributed by atoms with van der Waals surface area (Å²) in [5, 5.41) is 14.3. The third-order valence-corrected chi connectivity index (χ3v) is 3.59. The predicted molar refractivity (Wildman–Crippen MR) is 71.5 cm³/mol. The lowest BCUT2D eigenvalue weighted by atomic mass is 9.96. The fraction of sp³-hybridized carbons (Fsp3) is 0.286. The molecule has 21 heavy (non-hydrogen) atoms. The predicted octanol–water partition coefficient (Wildman–Crippen LogP) is 0.268. The van der Waals surface area contributed by atoms with E-state index in [-0.39, 0.29) is 31.4 Å². The van der Waals surface area contributed by atoms with Gasteiger partial charge in [0.1, 0.15) is 5.82 Å². The third kappa shape index (κ3) is 2.36. The SMILES string of the molecule is O=C1NC2=C(C(=O)N(CCO)C2)[C@@H](c2ccc(F)cc2)N1. The summed E-state index contributed by atoms with van der Waals surface area (Å²) in [6, 6.07) is 4.65. The van der Waals surface area contributed by atoms with Crippen LogP contribution in [-0.4, -0.2) is 41.6 Å². The second kappa shape index (κ2) is 5.17. The largest absolute Gasteiger partial charge is 0.395 e. The van der Waals surface area contributed by atoms with Crippen LogP contribution < -0.4 is 10.6 Å². The first-order valence-corrected chi connectivity index (χ1v) is 6.56. The van der Waals surface area contributed by atoms with Crippen molar-refractivity contribution in [3.05, 3.63) is 46.9 Å². The van der Waals surface area contributed by atoms with Crippen LogP contribution in [0.15, 0.2) is 35.5 Å². The molecule has 0 unspecified atom stereocenters. The average Bonchev–Trinajstić information content (AvgIpc) is 2.76. The van der Waals surface area contributed by atoms with Crippen LogP contribution in [0.1, 0.15) is 11.6 Å². The van der Waals surface area contributed by atoms with Gasteiger partial charge in [-0.1, -0.05) is 12.1 Å². The van der Waals surface area contributed by atoms with Gasteiger partial charge in [0.2, 0.25) is 0 Å². The van der Waals surface area contributed by atoms with Crippen molar-refractivity contribution in [2.45, 2.75) is 6.04 Å². The van der Waals surface area contributed by atoms with Gasteiger partial charge in [-0.2, -0.15) is 0 Å². The average molecular weight is 291 g/mol. The minimum Gasteiger partial charge on any atom is -0.395 e. The zero-order chi connectivity index (χ0) is 15.0. The number of benzene rings is 1. The fourth-order valence-electron chi connectivity index (χ4n) is 2.63.